The average molecular weight is 361 g/mol. The van der Waals surface area contributed by atoms with Crippen LogP contribution in [0.5, 0.6) is 0 Å². The quantitative estimate of drug-likeness (QED) is 0.716. The number of carbonyl (C=O) groups is 1. The first-order chi connectivity index (χ1) is 13.2. The van der Waals surface area contributed by atoms with Crippen molar-refractivity contribution in [3.63, 3.8) is 0 Å². The van der Waals surface area contributed by atoms with E-state index in [4.69, 9.17) is 0 Å². The number of rotatable bonds is 4. The van der Waals surface area contributed by atoms with Crippen molar-refractivity contribution in [3.05, 3.63) is 77.9 Å². The van der Waals surface area contributed by atoms with E-state index in [1.54, 1.807) is 6.20 Å². The number of carbonyl (C=O) groups excluding carboxylic acids is 1. The molecule has 1 saturated heterocycles. The number of imidazole rings is 1. The molecule has 0 aliphatic carbocycles. The van der Waals surface area contributed by atoms with Gasteiger partial charge in [0.15, 0.2) is 0 Å². The summed E-state index contributed by atoms with van der Waals surface area (Å²) < 4.78 is 2.20. The highest BCUT2D eigenvalue weighted by atomic mass is 16.2. The van der Waals surface area contributed by atoms with E-state index in [0.29, 0.717) is 12.1 Å². The third-order valence-corrected chi connectivity index (χ3v) is 5.16. The van der Waals surface area contributed by atoms with E-state index in [9.17, 15) is 4.79 Å². The Bertz CT molecular complexity index is 921. The van der Waals surface area contributed by atoms with Gasteiger partial charge in [0.05, 0.1) is 11.3 Å². The van der Waals surface area contributed by atoms with Gasteiger partial charge in [-0.3, -0.25) is 4.79 Å². The van der Waals surface area contributed by atoms with Gasteiger partial charge in [0, 0.05) is 44.1 Å². The van der Waals surface area contributed by atoms with Crippen molar-refractivity contribution < 1.29 is 4.79 Å². The van der Waals surface area contributed by atoms with E-state index in [-0.39, 0.29) is 11.8 Å². The minimum atomic E-state index is 0.0129. The Morgan fingerprint density at radius 1 is 1.22 bits per heavy atom. The third-order valence-electron chi connectivity index (χ3n) is 5.16. The molecule has 1 aromatic carbocycles. The summed E-state index contributed by atoms with van der Waals surface area (Å²) in [7, 11) is 0. The van der Waals surface area contributed by atoms with E-state index in [0.717, 1.165) is 37.4 Å². The molecule has 6 heteroatoms. The number of likely N-dealkylation sites (tertiary alicyclic amines) is 1. The smallest absolute Gasteiger partial charge is 0.257 e. The van der Waals surface area contributed by atoms with Gasteiger partial charge in [-0.05, 0) is 25.3 Å². The second-order valence-corrected chi connectivity index (χ2v) is 7.01. The molecule has 3 aromatic rings. The molecule has 1 fully saturated rings. The highest BCUT2D eigenvalue weighted by molar-refractivity contribution is 5.95. The maximum atomic E-state index is 12.9. The summed E-state index contributed by atoms with van der Waals surface area (Å²) in [5.41, 5.74) is 2.56. The molecule has 0 radical (unpaired) electrons. The molecule has 0 unspecified atom stereocenters. The Labute approximate surface area is 158 Å². The lowest BCUT2D eigenvalue weighted by Crippen LogP contribution is -2.40. The van der Waals surface area contributed by atoms with Crippen molar-refractivity contribution in [2.75, 3.05) is 13.1 Å². The molecule has 3 heterocycles. The minimum Gasteiger partial charge on any atom is -0.338 e. The van der Waals surface area contributed by atoms with Gasteiger partial charge in [-0.15, -0.1) is 0 Å². The van der Waals surface area contributed by atoms with Crippen molar-refractivity contribution in [2.24, 2.45) is 0 Å². The predicted octanol–water partition coefficient (Wildman–Crippen LogP) is 3.05. The molecular weight excluding hydrogens is 338 g/mol. The first-order valence-electron chi connectivity index (χ1n) is 9.33. The van der Waals surface area contributed by atoms with Crippen molar-refractivity contribution in [1.82, 2.24) is 24.4 Å². The van der Waals surface area contributed by atoms with Crippen LogP contribution in [0.15, 0.2) is 55.2 Å². The molecule has 0 spiro atoms. The zero-order chi connectivity index (χ0) is 18.6. The molecule has 6 nitrogen and oxygen atoms in total. The third kappa shape index (κ3) is 3.74. The molecule has 2 aromatic heterocycles. The topological polar surface area (TPSA) is 63.9 Å². The Morgan fingerprint density at radius 2 is 2.07 bits per heavy atom. The number of aryl methyl sites for hydroxylation is 1. The Hall–Kier alpha value is -3.02. The molecule has 0 saturated carbocycles. The number of amides is 1. The SMILES string of the molecule is Cc1ncncc1C(=O)N1CCC[C@@H](c2nccn2Cc2ccccc2)C1. The Kier molecular flexibility index (Phi) is 4.96. The maximum Gasteiger partial charge on any atom is 0.257 e. The molecule has 1 aliphatic heterocycles. The second kappa shape index (κ2) is 7.70. The summed E-state index contributed by atoms with van der Waals surface area (Å²) in [5.74, 6) is 1.31. The molecule has 1 aliphatic rings. The van der Waals surface area contributed by atoms with Gasteiger partial charge < -0.3 is 9.47 Å². The molecule has 0 bridgehead atoms. The van der Waals surface area contributed by atoms with Crippen LogP contribution < -0.4 is 0 Å². The molecule has 1 atom stereocenters. The monoisotopic (exact) mass is 361 g/mol. The number of hydrogen-bond acceptors (Lipinski definition) is 4. The normalized spacial score (nSPS) is 17.1. The lowest BCUT2D eigenvalue weighted by atomic mass is 9.96. The van der Waals surface area contributed by atoms with E-state index in [1.165, 1.54) is 11.9 Å². The first kappa shape index (κ1) is 17.4. The second-order valence-electron chi connectivity index (χ2n) is 7.01. The summed E-state index contributed by atoms with van der Waals surface area (Å²) in [6.07, 6.45) is 8.99. The van der Waals surface area contributed by atoms with E-state index < -0.39 is 0 Å². The van der Waals surface area contributed by atoms with Gasteiger partial charge in [-0.1, -0.05) is 30.3 Å². The van der Waals surface area contributed by atoms with Crippen LogP contribution in [-0.2, 0) is 6.54 Å². The van der Waals surface area contributed by atoms with E-state index in [2.05, 4.69) is 43.8 Å². The van der Waals surface area contributed by atoms with Crippen LogP contribution in [0, 0.1) is 6.92 Å². The van der Waals surface area contributed by atoms with E-state index >= 15 is 0 Å². The van der Waals surface area contributed by atoms with Crippen LogP contribution in [-0.4, -0.2) is 43.4 Å². The standard InChI is InChI=1S/C21H23N5O/c1-16-19(12-22-15-24-16)21(27)26-10-5-8-18(14-26)20-23-9-11-25(20)13-17-6-3-2-4-7-17/h2-4,6-7,9,11-12,15,18H,5,8,10,13-14H2,1H3/t18-/m1/s1. The van der Waals surface area contributed by atoms with Crippen molar-refractivity contribution >= 4 is 5.91 Å². The molecule has 1 amide bonds. The minimum absolute atomic E-state index is 0.0129. The molecule has 0 N–H and O–H groups in total. The number of hydrogen-bond donors (Lipinski definition) is 0. The Balaban J connectivity index is 1.52. The fraction of sp³-hybridized carbons (Fsp3) is 0.333. The lowest BCUT2D eigenvalue weighted by Gasteiger charge is -2.33. The van der Waals surface area contributed by atoms with Gasteiger partial charge in [-0.2, -0.15) is 0 Å². The zero-order valence-corrected chi connectivity index (χ0v) is 15.5. The van der Waals surface area contributed by atoms with Gasteiger partial charge in [0.2, 0.25) is 0 Å². The maximum absolute atomic E-state index is 12.9. The summed E-state index contributed by atoms with van der Waals surface area (Å²) in [6.45, 7) is 4.09. The zero-order valence-electron chi connectivity index (χ0n) is 15.5. The van der Waals surface area contributed by atoms with Gasteiger partial charge in [0.1, 0.15) is 12.2 Å². The van der Waals surface area contributed by atoms with Crippen LogP contribution >= 0.6 is 0 Å². The van der Waals surface area contributed by atoms with Crippen molar-refractivity contribution in [3.8, 4) is 0 Å². The number of aromatic nitrogens is 4. The molecule has 27 heavy (non-hydrogen) atoms. The number of piperidine rings is 1. The summed E-state index contributed by atoms with van der Waals surface area (Å²) >= 11 is 0. The summed E-state index contributed by atoms with van der Waals surface area (Å²) in [4.78, 5) is 27.6. The van der Waals surface area contributed by atoms with E-state index in [1.807, 2.05) is 30.3 Å². The van der Waals surface area contributed by atoms with Crippen LogP contribution in [0.3, 0.4) is 0 Å². The predicted molar refractivity (Wildman–Crippen MR) is 102 cm³/mol. The summed E-state index contributed by atoms with van der Waals surface area (Å²) in [6, 6.07) is 10.4. The average Bonchev–Trinajstić information content (AvgIpc) is 3.17. The number of nitrogens with zero attached hydrogens (tertiary/aromatic N) is 5. The molecule has 138 valence electrons. The van der Waals surface area contributed by atoms with Gasteiger partial charge >= 0.3 is 0 Å². The lowest BCUT2D eigenvalue weighted by molar-refractivity contribution is 0.0701. The first-order valence-corrected chi connectivity index (χ1v) is 9.33. The van der Waals surface area contributed by atoms with Crippen LogP contribution in [0.4, 0.5) is 0 Å². The molecular formula is C21H23N5O. The van der Waals surface area contributed by atoms with Gasteiger partial charge in [0.25, 0.3) is 5.91 Å². The van der Waals surface area contributed by atoms with Crippen molar-refractivity contribution in [2.45, 2.75) is 32.2 Å². The van der Waals surface area contributed by atoms with Crippen LogP contribution in [0.25, 0.3) is 0 Å². The highest BCUT2D eigenvalue weighted by Crippen LogP contribution is 2.27. The summed E-state index contributed by atoms with van der Waals surface area (Å²) in [5, 5.41) is 0. The van der Waals surface area contributed by atoms with Gasteiger partial charge in [-0.25, -0.2) is 15.0 Å². The highest BCUT2D eigenvalue weighted by Gasteiger charge is 2.28. The fourth-order valence-corrected chi connectivity index (χ4v) is 3.74. The van der Waals surface area contributed by atoms with Crippen LogP contribution in [0.2, 0.25) is 0 Å². The largest absolute Gasteiger partial charge is 0.338 e. The van der Waals surface area contributed by atoms with Crippen molar-refractivity contribution in [1.29, 1.82) is 0 Å². The number of benzene rings is 1. The molecule has 4 rings (SSSR count). The van der Waals surface area contributed by atoms with Crippen LogP contribution in [0.1, 0.15) is 46.2 Å². The fourth-order valence-electron chi connectivity index (χ4n) is 3.74. The Morgan fingerprint density at radius 3 is 2.89 bits per heavy atom.